The lowest BCUT2D eigenvalue weighted by Crippen LogP contribution is -2.39. The van der Waals surface area contributed by atoms with Crippen molar-refractivity contribution in [1.82, 2.24) is 10.0 Å². The third-order valence-electron chi connectivity index (χ3n) is 2.29. The number of benzene rings is 1. The van der Waals surface area contributed by atoms with Gasteiger partial charge in [0.05, 0.1) is 10.6 Å². The first-order chi connectivity index (χ1) is 9.37. The Balaban J connectivity index is 2.05. The van der Waals surface area contributed by atoms with Crippen molar-refractivity contribution in [3.8, 4) is 0 Å². The summed E-state index contributed by atoms with van der Waals surface area (Å²) in [6.07, 6.45) is 1.06. The molecule has 2 N–H and O–H groups in total. The van der Waals surface area contributed by atoms with Crippen LogP contribution in [0.1, 0.15) is 0 Å². The van der Waals surface area contributed by atoms with E-state index in [1.165, 1.54) is 24.3 Å². The Morgan fingerprint density at radius 1 is 1.25 bits per heavy atom. The molecule has 20 heavy (non-hydrogen) atoms. The van der Waals surface area contributed by atoms with Gasteiger partial charge in [-0.05, 0) is 24.3 Å². The van der Waals surface area contributed by atoms with Crippen LogP contribution < -0.4 is 10.0 Å². The molecule has 0 unspecified atom stereocenters. The van der Waals surface area contributed by atoms with Crippen LogP contribution in [0.2, 0.25) is 5.02 Å². The Morgan fingerprint density at radius 3 is 2.45 bits per heavy atom. The fourth-order valence-electron chi connectivity index (χ4n) is 1.41. The van der Waals surface area contributed by atoms with E-state index in [4.69, 9.17) is 11.6 Å². The van der Waals surface area contributed by atoms with Gasteiger partial charge in [0, 0.05) is 11.1 Å². The Morgan fingerprint density at radius 2 is 1.90 bits per heavy atom. The summed E-state index contributed by atoms with van der Waals surface area (Å²) in [5.41, 5.74) is 0.179. The second kappa shape index (κ2) is 5.51. The van der Waals surface area contributed by atoms with Crippen molar-refractivity contribution in [1.29, 1.82) is 0 Å². The number of amides is 2. The van der Waals surface area contributed by atoms with E-state index in [1.807, 2.05) is 0 Å². The number of hydrogen-bond acceptors (Lipinski definition) is 5. The SMILES string of the molecule is O=C(NC1=CC(=O)OC1)NS(=O)(=O)c1ccc(Cl)cc1. The molecule has 0 bridgehead atoms. The molecule has 0 spiro atoms. The number of cyclic esters (lactones) is 1. The minimum Gasteiger partial charge on any atom is -0.456 e. The molecule has 1 aromatic rings. The highest BCUT2D eigenvalue weighted by Crippen LogP contribution is 2.13. The molecule has 0 saturated heterocycles. The summed E-state index contributed by atoms with van der Waals surface area (Å²) in [6, 6.07) is 4.32. The molecule has 0 fully saturated rings. The molecule has 1 aliphatic rings. The topological polar surface area (TPSA) is 102 Å². The number of rotatable bonds is 3. The van der Waals surface area contributed by atoms with Gasteiger partial charge in [-0.1, -0.05) is 11.6 Å². The van der Waals surface area contributed by atoms with Crippen molar-refractivity contribution in [3.63, 3.8) is 0 Å². The van der Waals surface area contributed by atoms with E-state index in [1.54, 1.807) is 4.72 Å². The third-order valence-corrected chi connectivity index (χ3v) is 3.89. The molecule has 0 aliphatic carbocycles. The number of carbonyl (C=O) groups is 2. The van der Waals surface area contributed by atoms with Crippen LogP contribution in [-0.4, -0.2) is 27.0 Å². The number of ether oxygens (including phenoxy) is 1. The van der Waals surface area contributed by atoms with Gasteiger partial charge in [0.25, 0.3) is 10.0 Å². The summed E-state index contributed by atoms with van der Waals surface area (Å²) in [4.78, 5) is 22.2. The van der Waals surface area contributed by atoms with Crippen LogP contribution in [0.4, 0.5) is 4.79 Å². The summed E-state index contributed by atoms with van der Waals surface area (Å²) in [7, 11) is -4.01. The molecule has 0 saturated carbocycles. The van der Waals surface area contributed by atoms with E-state index in [0.717, 1.165) is 6.08 Å². The lowest BCUT2D eigenvalue weighted by molar-refractivity contribution is -0.134. The van der Waals surface area contributed by atoms with Crippen molar-refractivity contribution < 1.29 is 22.7 Å². The average molecular weight is 317 g/mol. The Labute approximate surface area is 119 Å². The van der Waals surface area contributed by atoms with Crippen LogP contribution in [0, 0.1) is 0 Å². The van der Waals surface area contributed by atoms with Crippen molar-refractivity contribution in [2.24, 2.45) is 0 Å². The Kier molecular flexibility index (Phi) is 3.96. The zero-order valence-electron chi connectivity index (χ0n) is 9.92. The third kappa shape index (κ3) is 3.49. The Bertz CT molecular complexity index is 681. The highest BCUT2D eigenvalue weighted by Gasteiger charge is 2.20. The van der Waals surface area contributed by atoms with Crippen molar-refractivity contribution >= 4 is 33.6 Å². The minimum atomic E-state index is -4.01. The molecule has 0 aromatic heterocycles. The normalized spacial score (nSPS) is 14.4. The number of carbonyl (C=O) groups excluding carboxylic acids is 2. The van der Waals surface area contributed by atoms with E-state index in [9.17, 15) is 18.0 Å². The fourth-order valence-corrected chi connectivity index (χ4v) is 2.45. The number of esters is 1. The number of hydrogen-bond donors (Lipinski definition) is 2. The standard InChI is InChI=1S/C11H9ClN2O5S/c12-7-1-3-9(4-2-7)20(17,18)14-11(16)13-8-5-10(15)19-6-8/h1-5H,6H2,(H2,13,14,16). The van der Waals surface area contributed by atoms with Gasteiger partial charge in [-0.3, -0.25) is 0 Å². The quantitative estimate of drug-likeness (QED) is 0.802. The molecule has 1 heterocycles. The van der Waals surface area contributed by atoms with Crippen molar-refractivity contribution in [2.45, 2.75) is 4.90 Å². The minimum absolute atomic E-state index is 0.104. The predicted molar refractivity (Wildman–Crippen MR) is 69.3 cm³/mol. The Hall–Kier alpha value is -2.06. The lowest BCUT2D eigenvalue weighted by Gasteiger charge is -2.08. The molecule has 0 atom stereocenters. The van der Waals surface area contributed by atoms with Crippen LogP contribution in [0.25, 0.3) is 0 Å². The number of halogens is 1. The first kappa shape index (κ1) is 14.4. The first-order valence-corrected chi connectivity index (χ1v) is 7.20. The summed E-state index contributed by atoms with van der Waals surface area (Å²) in [5, 5.41) is 2.58. The molecular formula is C11H9ClN2O5S. The largest absolute Gasteiger partial charge is 0.456 e. The van der Waals surface area contributed by atoms with Gasteiger partial charge in [-0.15, -0.1) is 0 Å². The second-order valence-corrected chi connectivity index (χ2v) is 5.91. The first-order valence-electron chi connectivity index (χ1n) is 5.33. The van der Waals surface area contributed by atoms with Crippen molar-refractivity contribution in [2.75, 3.05) is 6.61 Å². The van der Waals surface area contributed by atoms with Gasteiger partial charge < -0.3 is 10.1 Å². The van der Waals surface area contributed by atoms with E-state index >= 15 is 0 Å². The van der Waals surface area contributed by atoms with Crippen molar-refractivity contribution in [3.05, 3.63) is 41.1 Å². The van der Waals surface area contributed by atoms with Crippen LogP contribution in [0.5, 0.6) is 0 Å². The molecule has 0 radical (unpaired) electrons. The molecule has 2 rings (SSSR count). The van der Waals surface area contributed by atoms with Gasteiger partial charge in [0.2, 0.25) is 0 Å². The van der Waals surface area contributed by atoms with Crippen LogP contribution >= 0.6 is 11.6 Å². The van der Waals surface area contributed by atoms with E-state index < -0.39 is 22.0 Å². The fraction of sp³-hybridized carbons (Fsp3) is 0.0909. The highest BCUT2D eigenvalue weighted by atomic mass is 35.5. The van der Waals surface area contributed by atoms with Crippen LogP contribution in [0.3, 0.4) is 0 Å². The monoisotopic (exact) mass is 316 g/mol. The number of urea groups is 1. The zero-order chi connectivity index (χ0) is 14.8. The van der Waals surface area contributed by atoms with E-state index in [2.05, 4.69) is 10.1 Å². The predicted octanol–water partition coefficient (Wildman–Crippen LogP) is 0.769. The summed E-state index contributed by atoms with van der Waals surface area (Å²) >= 11 is 5.65. The van der Waals surface area contributed by atoms with Gasteiger partial charge in [-0.25, -0.2) is 22.7 Å². The van der Waals surface area contributed by atoms with Gasteiger partial charge in [-0.2, -0.15) is 0 Å². The number of sulfonamides is 1. The maximum absolute atomic E-state index is 11.9. The smallest absolute Gasteiger partial charge is 0.333 e. The van der Waals surface area contributed by atoms with E-state index in [0.29, 0.717) is 5.02 Å². The number of nitrogens with one attached hydrogen (secondary N) is 2. The van der Waals surface area contributed by atoms with Crippen LogP contribution in [0.15, 0.2) is 40.9 Å². The molecule has 2 amide bonds. The molecule has 9 heteroatoms. The second-order valence-electron chi connectivity index (χ2n) is 3.79. The summed E-state index contributed by atoms with van der Waals surface area (Å²) in [5.74, 6) is -0.596. The summed E-state index contributed by atoms with van der Waals surface area (Å²) in [6.45, 7) is -0.104. The van der Waals surface area contributed by atoms with Gasteiger partial charge in [0.1, 0.15) is 6.61 Å². The average Bonchev–Trinajstić information content (AvgIpc) is 2.74. The maximum Gasteiger partial charge on any atom is 0.333 e. The van der Waals surface area contributed by atoms with Crippen LogP contribution in [-0.2, 0) is 19.6 Å². The summed E-state index contributed by atoms with van der Waals surface area (Å²) < 4.78 is 30.1. The molecular weight excluding hydrogens is 308 g/mol. The zero-order valence-corrected chi connectivity index (χ0v) is 11.5. The molecule has 7 nitrogen and oxygen atoms in total. The maximum atomic E-state index is 11.9. The van der Waals surface area contributed by atoms with Gasteiger partial charge in [0.15, 0.2) is 0 Å². The molecule has 1 aliphatic heterocycles. The van der Waals surface area contributed by atoms with E-state index in [-0.39, 0.29) is 17.2 Å². The molecule has 106 valence electrons. The highest BCUT2D eigenvalue weighted by molar-refractivity contribution is 7.90. The lowest BCUT2D eigenvalue weighted by atomic mass is 10.4. The molecule has 1 aromatic carbocycles. The van der Waals surface area contributed by atoms with Gasteiger partial charge >= 0.3 is 12.0 Å².